The molecule has 0 aliphatic heterocycles. The number of amides is 1. The fourth-order valence-electron chi connectivity index (χ4n) is 1.60. The Morgan fingerprint density at radius 2 is 2.00 bits per heavy atom. The van der Waals surface area contributed by atoms with Crippen LogP contribution in [0.3, 0.4) is 0 Å². The number of benzene rings is 1. The van der Waals surface area contributed by atoms with E-state index >= 15 is 0 Å². The average Bonchev–Trinajstić information content (AvgIpc) is 2.38. The van der Waals surface area contributed by atoms with Gasteiger partial charge in [0.1, 0.15) is 5.75 Å². The number of carbonyl (C=O) groups is 1. The highest BCUT2D eigenvalue weighted by Gasteiger charge is 2.20. The third-order valence-electron chi connectivity index (χ3n) is 2.71. The van der Waals surface area contributed by atoms with Crippen molar-refractivity contribution in [1.29, 1.82) is 0 Å². The summed E-state index contributed by atoms with van der Waals surface area (Å²) >= 11 is 0. The molecule has 0 radical (unpaired) electrons. The van der Waals surface area contributed by atoms with Gasteiger partial charge in [-0.05, 0) is 19.1 Å². The molecule has 0 unspecified atom stereocenters. The van der Waals surface area contributed by atoms with Crippen LogP contribution in [0.1, 0.15) is 13.3 Å². The molecule has 0 bridgehead atoms. The van der Waals surface area contributed by atoms with E-state index in [9.17, 15) is 13.2 Å². The number of nitrogens with zero attached hydrogens (tertiary/aromatic N) is 1. The van der Waals surface area contributed by atoms with Crippen molar-refractivity contribution in [1.82, 2.24) is 4.90 Å². The maximum absolute atomic E-state index is 12.2. The Hall–Kier alpha value is -1.76. The smallest absolute Gasteiger partial charge is 0.223 e. The quantitative estimate of drug-likeness (QED) is 0.789. The highest BCUT2D eigenvalue weighted by molar-refractivity contribution is 7.91. The Bertz CT molecular complexity index is 582. The van der Waals surface area contributed by atoms with E-state index in [0.717, 1.165) is 0 Å². The van der Waals surface area contributed by atoms with Crippen LogP contribution in [0.2, 0.25) is 0 Å². The third-order valence-corrected chi connectivity index (χ3v) is 4.48. The van der Waals surface area contributed by atoms with Crippen molar-refractivity contribution in [2.45, 2.75) is 18.2 Å². The highest BCUT2D eigenvalue weighted by atomic mass is 32.2. The normalized spacial score (nSPS) is 11.2. The first-order valence-corrected chi connectivity index (χ1v) is 7.88. The summed E-state index contributed by atoms with van der Waals surface area (Å²) in [7, 11) is -0.448. The van der Waals surface area contributed by atoms with Gasteiger partial charge in [0.05, 0.1) is 22.9 Å². The summed E-state index contributed by atoms with van der Waals surface area (Å²) in [5.74, 6) is -0.0728. The van der Waals surface area contributed by atoms with Crippen LogP contribution in [0.25, 0.3) is 0 Å². The van der Waals surface area contributed by atoms with Crippen LogP contribution in [0.5, 0.6) is 5.75 Å². The molecule has 0 saturated carbocycles. The van der Waals surface area contributed by atoms with E-state index in [1.54, 1.807) is 27.1 Å². The molecule has 0 aliphatic rings. The summed E-state index contributed by atoms with van der Waals surface area (Å²) in [4.78, 5) is 12.8. The van der Waals surface area contributed by atoms with Gasteiger partial charge in [-0.1, -0.05) is 0 Å². The maximum atomic E-state index is 12.2. The molecule has 1 aromatic rings. The fourth-order valence-corrected chi connectivity index (χ4v) is 2.98. The second-order valence-electron chi connectivity index (χ2n) is 4.49. The first-order chi connectivity index (χ1) is 9.27. The molecular formula is C13H20N2O4S. The Kier molecular flexibility index (Phi) is 5.38. The Labute approximate surface area is 119 Å². The number of hydrogen-bond acceptors (Lipinski definition) is 5. The molecule has 2 N–H and O–H groups in total. The third kappa shape index (κ3) is 4.12. The first kappa shape index (κ1) is 16.3. The van der Waals surface area contributed by atoms with E-state index in [1.165, 1.54) is 17.0 Å². The summed E-state index contributed by atoms with van der Waals surface area (Å²) in [5, 5.41) is 0. The van der Waals surface area contributed by atoms with Crippen molar-refractivity contribution < 1.29 is 17.9 Å². The fraction of sp³-hybridized carbons (Fsp3) is 0.462. The molecule has 0 heterocycles. The lowest BCUT2D eigenvalue weighted by Gasteiger charge is -2.12. The SMILES string of the molecule is CCOc1ccc(N)c(S(=O)(=O)CCC(=O)N(C)C)c1. The summed E-state index contributed by atoms with van der Waals surface area (Å²) in [6, 6.07) is 4.50. The Morgan fingerprint density at radius 1 is 1.35 bits per heavy atom. The molecule has 0 saturated heterocycles. The molecule has 0 spiro atoms. The van der Waals surface area contributed by atoms with Crippen LogP contribution in [0, 0.1) is 0 Å². The van der Waals surface area contributed by atoms with Gasteiger partial charge in [-0.3, -0.25) is 4.79 Å². The molecule has 0 fully saturated rings. The Morgan fingerprint density at radius 3 is 2.55 bits per heavy atom. The van der Waals surface area contributed by atoms with Crippen molar-refractivity contribution in [2.24, 2.45) is 0 Å². The lowest BCUT2D eigenvalue weighted by molar-refractivity contribution is -0.128. The molecule has 1 rings (SSSR count). The topological polar surface area (TPSA) is 89.7 Å². The van der Waals surface area contributed by atoms with Gasteiger partial charge in [-0.15, -0.1) is 0 Å². The van der Waals surface area contributed by atoms with Gasteiger partial charge in [0, 0.05) is 26.6 Å². The number of ether oxygens (including phenoxy) is 1. The molecule has 0 aliphatic carbocycles. The van der Waals surface area contributed by atoms with Gasteiger partial charge in [-0.2, -0.15) is 0 Å². The predicted octanol–water partition coefficient (Wildman–Crippen LogP) is 0.919. The zero-order valence-electron chi connectivity index (χ0n) is 11.9. The minimum atomic E-state index is -3.61. The van der Waals surface area contributed by atoms with Crippen molar-refractivity contribution in [3.05, 3.63) is 18.2 Å². The zero-order chi connectivity index (χ0) is 15.3. The summed E-state index contributed by atoms with van der Waals surface area (Å²) in [6.07, 6.45) is -0.0758. The van der Waals surface area contributed by atoms with Gasteiger partial charge in [0.2, 0.25) is 5.91 Å². The number of carbonyl (C=O) groups excluding carboxylic acids is 1. The molecule has 6 nitrogen and oxygen atoms in total. The lowest BCUT2D eigenvalue weighted by atomic mass is 10.3. The molecule has 112 valence electrons. The molecule has 20 heavy (non-hydrogen) atoms. The van der Waals surface area contributed by atoms with Crippen molar-refractivity contribution >= 4 is 21.4 Å². The van der Waals surface area contributed by atoms with Crippen molar-refractivity contribution in [3.8, 4) is 5.75 Å². The van der Waals surface area contributed by atoms with Gasteiger partial charge in [-0.25, -0.2) is 8.42 Å². The van der Waals surface area contributed by atoms with E-state index in [0.29, 0.717) is 12.4 Å². The number of rotatable bonds is 6. The van der Waals surface area contributed by atoms with Crippen molar-refractivity contribution in [2.75, 3.05) is 32.2 Å². The van der Waals surface area contributed by atoms with E-state index in [1.807, 2.05) is 0 Å². The molecule has 1 aromatic carbocycles. The van der Waals surface area contributed by atoms with E-state index in [-0.39, 0.29) is 28.7 Å². The number of nitrogens with two attached hydrogens (primary N) is 1. The molecule has 1 amide bonds. The van der Waals surface area contributed by atoms with Crippen LogP contribution < -0.4 is 10.5 Å². The van der Waals surface area contributed by atoms with Gasteiger partial charge in [0.25, 0.3) is 0 Å². The standard InChI is InChI=1S/C13H20N2O4S/c1-4-19-10-5-6-11(14)12(9-10)20(17,18)8-7-13(16)15(2)3/h5-6,9H,4,7-8,14H2,1-3H3. The van der Waals surface area contributed by atoms with Gasteiger partial charge >= 0.3 is 0 Å². The Balaban J connectivity index is 2.97. The summed E-state index contributed by atoms with van der Waals surface area (Å²) in [5.41, 5.74) is 5.87. The molecule has 7 heteroatoms. The molecule has 0 atom stereocenters. The van der Waals surface area contributed by atoms with Crippen molar-refractivity contribution in [3.63, 3.8) is 0 Å². The minimum Gasteiger partial charge on any atom is -0.494 e. The second kappa shape index (κ2) is 6.60. The molecule has 0 aromatic heterocycles. The van der Waals surface area contributed by atoms with E-state index in [2.05, 4.69) is 0 Å². The van der Waals surface area contributed by atoms with Gasteiger partial charge in [0.15, 0.2) is 9.84 Å². The van der Waals surface area contributed by atoms with Crippen LogP contribution in [-0.4, -0.2) is 45.7 Å². The maximum Gasteiger partial charge on any atom is 0.223 e. The van der Waals surface area contributed by atoms with Gasteiger partial charge < -0.3 is 15.4 Å². The highest BCUT2D eigenvalue weighted by Crippen LogP contribution is 2.25. The number of hydrogen-bond donors (Lipinski definition) is 1. The van der Waals surface area contributed by atoms with E-state index < -0.39 is 9.84 Å². The monoisotopic (exact) mass is 300 g/mol. The summed E-state index contributed by atoms with van der Waals surface area (Å²) in [6.45, 7) is 2.24. The van der Waals surface area contributed by atoms with Crippen LogP contribution in [0.15, 0.2) is 23.1 Å². The molecular weight excluding hydrogens is 280 g/mol. The van der Waals surface area contributed by atoms with Crippen LogP contribution in [0.4, 0.5) is 5.69 Å². The lowest BCUT2D eigenvalue weighted by Crippen LogP contribution is -2.24. The predicted molar refractivity (Wildman–Crippen MR) is 77.4 cm³/mol. The van der Waals surface area contributed by atoms with Crippen LogP contribution in [-0.2, 0) is 14.6 Å². The number of nitrogen functional groups attached to an aromatic ring is 1. The van der Waals surface area contributed by atoms with E-state index in [4.69, 9.17) is 10.5 Å². The average molecular weight is 300 g/mol. The number of anilines is 1. The second-order valence-corrected chi connectivity index (χ2v) is 6.57. The summed E-state index contributed by atoms with van der Waals surface area (Å²) < 4.78 is 29.7. The minimum absolute atomic E-state index is 0.00926. The number of sulfone groups is 1. The van der Waals surface area contributed by atoms with Crippen LogP contribution >= 0.6 is 0 Å². The first-order valence-electron chi connectivity index (χ1n) is 6.23. The zero-order valence-corrected chi connectivity index (χ0v) is 12.7. The largest absolute Gasteiger partial charge is 0.494 e.